The Kier molecular flexibility index (Phi) is 3.73. The van der Waals surface area contributed by atoms with Crippen molar-refractivity contribution in [2.75, 3.05) is 12.0 Å². The number of carbonyl (C=O) groups is 2. The molecule has 4 nitrogen and oxygen atoms in total. The van der Waals surface area contributed by atoms with Crippen LogP contribution in [0.1, 0.15) is 41.0 Å². The van der Waals surface area contributed by atoms with E-state index in [1.54, 1.807) is 18.2 Å². The first-order valence-corrected chi connectivity index (χ1v) is 10.8. The average molecular weight is 430 g/mol. The fourth-order valence-electron chi connectivity index (χ4n) is 6.18. The van der Waals surface area contributed by atoms with Crippen LogP contribution in [-0.4, -0.2) is 18.9 Å². The number of amides is 2. The Labute approximate surface area is 185 Å². The standard InChI is InChI=1S/C26H20ClNO3/c1-26-22-17-9-5-3-7-15(17)21(16-8-4-6-10-18(16)22)23(26)24(29)28(25(26)30)19-13-14(27)11-12-20(19)31-2/h3-13,21-23H,1-2H3/t21?,22?,23-,26-/m1/s1. The van der Waals surface area contributed by atoms with Gasteiger partial charge in [-0.05, 0) is 47.4 Å². The molecule has 5 heteroatoms. The predicted octanol–water partition coefficient (Wildman–Crippen LogP) is 5.14. The molecule has 3 aromatic carbocycles. The van der Waals surface area contributed by atoms with Crippen LogP contribution in [0.3, 0.4) is 0 Å². The second kappa shape index (κ2) is 6.21. The van der Waals surface area contributed by atoms with Crippen LogP contribution in [0.4, 0.5) is 5.69 Å². The third kappa shape index (κ3) is 2.16. The van der Waals surface area contributed by atoms with Crippen LogP contribution >= 0.6 is 11.6 Å². The van der Waals surface area contributed by atoms with Crippen molar-refractivity contribution in [3.05, 3.63) is 94.0 Å². The van der Waals surface area contributed by atoms with E-state index in [-0.39, 0.29) is 23.7 Å². The third-order valence-electron chi connectivity index (χ3n) is 7.40. The molecule has 7 rings (SSSR count). The molecule has 0 spiro atoms. The van der Waals surface area contributed by atoms with Gasteiger partial charge < -0.3 is 4.74 Å². The minimum Gasteiger partial charge on any atom is -0.495 e. The van der Waals surface area contributed by atoms with Gasteiger partial charge in [-0.25, -0.2) is 4.90 Å². The highest BCUT2D eigenvalue weighted by Gasteiger charge is 2.69. The molecule has 0 unspecified atom stereocenters. The number of imide groups is 1. The van der Waals surface area contributed by atoms with Gasteiger partial charge in [0.05, 0.1) is 24.1 Å². The first kappa shape index (κ1) is 18.6. The Morgan fingerprint density at radius 2 is 1.48 bits per heavy atom. The quantitative estimate of drug-likeness (QED) is 0.530. The van der Waals surface area contributed by atoms with E-state index in [1.165, 1.54) is 12.0 Å². The number of rotatable bonds is 2. The van der Waals surface area contributed by atoms with Crippen molar-refractivity contribution in [2.24, 2.45) is 11.3 Å². The van der Waals surface area contributed by atoms with Gasteiger partial charge in [-0.1, -0.05) is 60.1 Å². The zero-order valence-corrected chi connectivity index (χ0v) is 17.9. The lowest BCUT2D eigenvalue weighted by molar-refractivity contribution is -0.128. The van der Waals surface area contributed by atoms with Gasteiger partial charge in [0.15, 0.2) is 0 Å². The molecule has 3 aromatic rings. The fraction of sp³-hybridized carbons (Fsp3) is 0.231. The van der Waals surface area contributed by atoms with Crippen LogP contribution in [0.5, 0.6) is 5.75 Å². The molecule has 154 valence electrons. The number of benzene rings is 3. The molecule has 2 amide bonds. The second-order valence-corrected chi connectivity index (χ2v) is 9.16. The zero-order valence-electron chi connectivity index (χ0n) is 17.1. The average Bonchev–Trinajstić information content (AvgIpc) is 2.99. The molecule has 0 saturated carbocycles. The molecule has 0 N–H and O–H groups in total. The summed E-state index contributed by atoms with van der Waals surface area (Å²) in [6.45, 7) is 1.96. The van der Waals surface area contributed by atoms with Gasteiger partial charge in [-0.15, -0.1) is 0 Å². The van der Waals surface area contributed by atoms with Crippen LogP contribution in [-0.2, 0) is 9.59 Å². The first-order valence-electron chi connectivity index (χ1n) is 10.4. The summed E-state index contributed by atoms with van der Waals surface area (Å²) in [4.78, 5) is 29.3. The Hall–Kier alpha value is -3.11. The summed E-state index contributed by atoms with van der Waals surface area (Å²) in [5.41, 5.74) is 4.12. The van der Waals surface area contributed by atoms with Gasteiger partial charge in [-0.2, -0.15) is 0 Å². The highest BCUT2D eigenvalue weighted by Crippen LogP contribution is 2.67. The molecule has 2 atom stereocenters. The number of halogens is 1. The maximum atomic E-state index is 14.1. The van der Waals surface area contributed by atoms with Crippen molar-refractivity contribution < 1.29 is 14.3 Å². The molecule has 1 heterocycles. The lowest BCUT2D eigenvalue weighted by Gasteiger charge is -2.51. The summed E-state index contributed by atoms with van der Waals surface area (Å²) in [7, 11) is 1.53. The number of hydrogen-bond donors (Lipinski definition) is 0. The van der Waals surface area contributed by atoms with Crippen LogP contribution < -0.4 is 9.64 Å². The number of carbonyl (C=O) groups excluding carboxylic acids is 2. The van der Waals surface area contributed by atoms with Crippen molar-refractivity contribution in [3.8, 4) is 5.75 Å². The smallest absolute Gasteiger partial charge is 0.241 e. The maximum Gasteiger partial charge on any atom is 0.241 e. The minimum atomic E-state index is -0.877. The molecular formula is C26H20ClNO3. The second-order valence-electron chi connectivity index (χ2n) is 8.72. The number of anilines is 1. The molecule has 31 heavy (non-hydrogen) atoms. The third-order valence-corrected chi connectivity index (χ3v) is 7.63. The van der Waals surface area contributed by atoms with Crippen LogP contribution in [0, 0.1) is 11.3 Å². The molecule has 0 aromatic heterocycles. The highest BCUT2D eigenvalue weighted by molar-refractivity contribution is 6.32. The lowest BCUT2D eigenvalue weighted by atomic mass is 9.48. The van der Waals surface area contributed by atoms with Crippen molar-refractivity contribution in [1.82, 2.24) is 0 Å². The number of methoxy groups -OCH3 is 1. The van der Waals surface area contributed by atoms with Gasteiger partial charge in [-0.3, -0.25) is 9.59 Å². The van der Waals surface area contributed by atoms with Gasteiger partial charge in [0.2, 0.25) is 11.8 Å². The Morgan fingerprint density at radius 1 is 0.903 bits per heavy atom. The minimum absolute atomic E-state index is 0.158. The Morgan fingerprint density at radius 3 is 2.06 bits per heavy atom. The maximum absolute atomic E-state index is 14.1. The number of nitrogens with zero attached hydrogens (tertiary/aromatic N) is 1. The molecule has 1 saturated heterocycles. The lowest BCUT2D eigenvalue weighted by Crippen LogP contribution is -2.49. The van der Waals surface area contributed by atoms with E-state index in [9.17, 15) is 9.59 Å². The van der Waals surface area contributed by atoms with Gasteiger partial charge in [0, 0.05) is 16.9 Å². The fourth-order valence-corrected chi connectivity index (χ4v) is 6.35. The number of hydrogen-bond acceptors (Lipinski definition) is 3. The van der Waals surface area contributed by atoms with Crippen molar-refractivity contribution in [1.29, 1.82) is 0 Å². The van der Waals surface area contributed by atoms with E-state index < -0.39 is 11.3 Å². The SMILES string of the molecule is COc1ccc(Cl)cc1N1C(=O)[C@H]2C3c4ccccc4C(c4ccccc43)[C@@]2(C)C1=O. The largest absolute Gasteiger partial charge is 0.495 e. The zero-order chi connectivity index (χ0) is 21.5. The number of ether oxygens (including phenoxy) is 1. The molecule has 4 aliphatic rings. The van der Waals surface area contributed by atoms with Gasteiger partial charge in [0.1, 0.15) is 5.75 Å². The molecule has 3 aliphatic carbocycles. The van der Waals surface area contributed by atoms with Crippen molar-refractivity contribution >= 4 is 29.1 Å². The van der Waals surface area contributed by atoms with Crippen molar-refractivity contribution in [3.63, 3.8) is 0 Å². The van der Waals surface area contributed by atoms with Crippen LogP contribution in [0.2, 0.25) is 5.02 Å². The van der Waals surface area contributed by atoms with E-state index in [0.29, 0.717) is 16.5 Å². The monoisotopic (exact) mass is 429 g/mol. The Balaban J connectivity index is 1.62. The topological polar surface area (TPSA) is 46.6 Å². The molecule has 0 radical (unpaired) electrons. The summed E-state index contributed by atoms with van der Waals surface area (Å²) in [5, 5.41) is 0.450. The summed E-state index contributed by atoms with van der Waals surface area (Å²) in [6, 6.07) is 21.5. The van der Waals surface area contributed by atoms with E-state index in [1.807, 2.05) is 31.2 Å². The normalized spacial score (nSPS) is 27.7. The van der Waals surface area contributed by atoms with Gasteiger partial charge >= 0.3 is 0 Å². The summed E-state index contributed by atoms with van der Waals surface area (Å²) >= 11 is 6.25. The van der Waals surface area contributed by atoms with Crippen LogP contribution in [0.15, 0.2) is 66.7 Å². The van der Waals surface area contributed by atoms with Gasteiger partial charge in [0.25, 0.3) is 0 Å². The van der Waals surface area contributed by atoms with E-state index in [0.717, 1.165) is 22.3 Å². The predicted molar refractivity (Wildman–Crippen MR) is 119 cm³/mol. The summed E-state index contributed by atoms with van der Waals surface area (Å²) in [5.74, 6) is -0.737. The van der Waals surface area contributed by atoms with Crippen LogP contribution in [0.25, 0.3) is 0 Å². The summed E-state index contributed by atoms with van der Waals surface area (Å²) < 4.78 is 5.48. The van der Waals surface area contributed by atoms with E-state index >= 15 is 0 Å². The molecule has 1 aliphatic heterocycles. The highest BCUT2D eigenvalue weighted by atomic mass is 35.5. The summed E-state index contributed by atoms with van der Waals surface area (Å²) in [6.07, 6.45) is 0. The molecule has 2 bridgehead atoms. The molecule has 1 fully saturated rings. The van der Waals surface area contributed by atoms with E-state index in [4.69, 9.17) is 16.3 Å². The first-order chi connectivity index (χ1) is 15.0. The van der Waals surface area contributed by atoms with E-state index in [2.05, 4.69) is 24.3 Å². The molecular weight excluding hydrogens is 410 g/mol. The Bertz CT molecular complexity index is 1240. The van der Waals surface area contributed by atoms with Crippen molar-refractivity contribution in [2.45, 2.75) is 18.8 Å².